The van der Waals surface area contributed by atoms with Gasteiger partial charge in [0.05, 0.1) is 11.2 Å². The van der Waals surface area contributed by atoms with Gasteiger partial charge in [-0.1, -0.05) is 30.1 Å². The molecule has 126 valence electrons. The summed E-state index contributed by atoms with van der Waals surface area (Å²) in [5, 5.41) is 8.40. The number of carbonyl (C=O) groups excluding carboxylic acids is 2. The third-order valence-corrected chi connectivity index (χ3v) is 4.55. The molecule has 1 atom stereocenters. The van der Waals surface area contributed by atoms with Crippen LogP contribution < -0.4 is 10.1 Å². The molecule has 1 aromatic rings. The molecule has 2 aliphatic heterocycles. The molecule has 1 saturated heterocycles. The lowest BCUT2D eigenvalue weighted by molar-refractivity contribution is -0.130. The maximum atomic E-state index is 12.3. The van der Waals surface area contributed by atoms with Crippen molar-refractivity contribution in [3.05, 3.63) is 33.3 Å². The highest BCUT2D eigenvalue weighted by molar-refractivity contribution is 6.36. The predicted molar refractivity (Wildman–Crippen MR) is 92.5 cm³/mol. The Morgan fingerprint density at radius 2 is 2.17 bits per heavy atom. The topological polar surface area (TPSA) is 71.0 Å². The molecule has 3 amide bonds. The van der Waals surface area contributed by atoms with E-state index in [1.54, 1.807) is 25.1 Å². The average molecular weight is 368 g/mol. The van der Waals surface area contributed by atoms with Crippen molar-refractivity contribution in [3.63, 3.8) is 0 Å². The monoisotopic (exact) mass is 367 g/mol. The lowest BCUT2D eigenvalue weighted by Gasteiger charge is -2.18. The van der Waals surface area contributed by atoms with Crippen molar-refractivity contribution in [2.75, 3.05) is 6.61 Å². The molecular weight excluding hydrogens is 353 g/mol. The molecule has 2 aliphatic rings. The number of urea groups is 1. The fraction of sp³-hybridized carbons (Fsp3) is 0.312. The van der Waals surface area contributed by atoms with Crippen LogP contribution in [-0.2, 0) is 4.79 Å². The Labute approximate surface area is 149 Å². The second-order valence-electron chi connectivity index (χ2n) is 5.79. The minimum atomic E-state index is -0.917. The summed E-state index contributed by atoms with van der Waals surface area (Å²) in [6.07, 6.45) is 3.72. The van der Waals surface area contributed by atoms with E-state index >= 15 is 0 Å². The van der Waals surface area contributed by atoms with Crippen LogP contribution in [0, 0.1) is 0 Å². The van der Waals surface area contributed by atoms with Crippen LogP contribution in [0.25, 0.3) is 6.08 Å². The van der Waals surface area contributed by atoms with Gasteiger partial charge >= 0.3 is 6.03 Å². The first-order valence-corrected chi connectivity index (χ1v) is 8.13. The van der Waals surface area contributed by atoms with Gasteiger partial charge in [0.15, 0.2) is 0 Å². The summed E-state index contributed by atoms with van der Waals surface area (Å²) >= 11 is 12.1. The van der Waals surface area contributed by atoms with E-state index in [4.69, 9.17) is 27.9 Å². The molecule has 0 bridgehead atoms. The van der Waals surface area contributed by atoms with Crippen LogP contribution in [0.1, 0.15) is 25.8 Å². The molecule has 1 aromatic carbocycles. The number of hydrazone groups is 1. The zero-order valence-electron chi connectivity index (χ0n) is 13.1. The normalized spacial score (nSPS) is 23.2. The minimum absolute atomic E-state index is 0.229. The summed E-state index contributed by atoms with van der Waals surface area (Å²) in [6, 6.07) is 2.79. The Morgan fingerprint density at radius 1 is 1.42 bits per heavy atom. The number of amides is 3. The molecule has 8 heteroatoms. The largest absolute Gasteiger partial charge is 0.487 e. The van der Waals surface area contributed by atoms with Crippen LogP contribution in [0.15, 0.2) is 22.8 Å². The standard InChI is InChI=1S/C16H15Cl2N3O3/c1-3-16(2)14(22)21(15(23)20-16)19-7-9-4-10-5-11(17)6-12(18)13(10)24-8-9/h4-7H,3,8H2,1-2H3,(H,20,23)/t16-/m1/s1. The van der Waals surface area contributed by atoms with Gasteiger partial charge in [-0.3, -0.25) is 4.79 Å². The lowest BCUT2D eigenvalue weighted by atomic mass is 10.00. The van der Waals surface area contributed by atoms with E-state index in [-0.39, 0.29) is 12.5 Å². The van der Waals surface area contributed by atoms with E-state index in [0.29, 0.717) is 27.8 Å². The van der Waals surface area contributed by atoms with Crippen LogP contribution in [0.4, 0.5) is 4.79 Å². The molecule has 0 aromatic heterocycles. The maximum absolute atomic E-state index is 12.3. The summed E-state index contributed by atoms with van der Waals surface area (Å²) in [4.78, 5) is 24.2. The van der Waals surface area contributed by atoms with E-state index < -0.39 is 11.6 Å². The fourth-order valence-electron chi connectivity index (χ4n) is 2.46. The molecule has 24 heavy (non-hydrogen) atoms. The van der Waals surface area contributed by atoms with Gasteiger partial charge in [-0.05, 0) is 31.6 Å². The van der Waals surface area contributed by atoms with Crippen molar-refractivity contribution in [1.82, 2.24) is 10.3 Å². The number of nitrogens with one attached hydrogen (secondary N) is 1. The van der Waals surface area contributed by atoms with Gasteiger partial charge in [-0.2, -0.15) is 5.10 Å². The van der Waals surface area contributed by atoms with Crippen LogP contribution in [0.5, 0.6) is 5.75 Å². The number of hydrogen-bond acceptors (Lipinski definition) is 4. The van der Waals surface area contributed by atoms with Gasteiger partial charge in [-0.25, -0.2) is 4.79 Å². The first-order valence-electron chi connectivity index (χ1n) is 7.37. The Kier molecular flexibility index (Phi) is 4.27. The van der Waals surface area contributed by atoms with Crippen molar-refractivity contribution in [1.29, 1.82) is 0 Å². The smallest absolute Gasteiger partial charge is 0.346 e. The van der Waals surface area contributed by atoms with Gasteiger partial charge in [0.2, 0.25) is 0 Å². The van der Waals surface area contributed by atoms with E-state index in [1.807, 2.05) is 6.92 Å². The molecule has 0 unspecified atom stereocenters. The first kappa shape index (κ1) is 16.8. The number of rotatable bonds is 3. The highest BCUT2D eigenvalue weighted by atomic mass is 35.5. The third-order valence-electron chi connectivity index (χ3n) is 4.05. The molecule has 0 spiro atoms. The van der Waals surface area contributed by atoms with Gasteiger partial charge in [0.1, 0.15) is 17.9 Å². The van der Waals surface area contributed by atoms with E-state index in [0.717, 1.165) is 10.6 Å². The van der Waals surface area contributed by atoms with E-state index in [2.05, 4.69) is 10.4 Å². The Balaban J connectivity index is 1.84. The van der Waals surface area contributed by atoms with Crippen molar-refractivity contribution < 1.29 is 14.3 Å². The third kappa shape index (κ3) is 2.87. The Hall–Kier alpha value is -2.05. The number of ether oxygens (including phenoxy) is 1. The molecule has 6 nitrogen and oxygen atoms in total. The summed E-state index contributed by atoms with van der Waals surface area (Å²) < 4.78 is 5.60. The number of imide groups is 1. The number of hydrogen-bond donors (Lipinski definition) is 1. The number of nitrogens with zero attached hydrogens (tertiary/aromatic N) is 2. The number of carbonyl (C=O) groups is 2. The molecule has 3 rings (SSSR count). The molecule has 1 N–H and O–H groups in total. The summed E-state index contributed by atoms with van der Waals surface area (Å²) in [5.74, 6) is 0.168. The van der Waals surface area contributed by atoms with Crippen molar-refractivity contribution >= 4 is 47.4 Å². The Bertz CT molecular complexity index is 791. The average Bonchev–Trinajstić information content (AvgIpc) is 2.75. The van der Waals surface area contributed by atoms with Gasteiger partial charge in [0, 0.05) is 16.2 Å². The highest BCUT2D eigenvalue weighted by Gasteiger charge is 2.46. The molecule has 0 aliphatic carbocycles. The first-order chi connectivity index (χ1) is 11.3. The quantitative estimate of drug-likeness (QED) is 0.656. The zero-order valence-corrected chi connectivity index (χ0v) is 14.6. The molecule has 0 saturated carbocycles. The zero-order chi connectivity index (χ0) is 17.5. The van der Waals surface area contributed by atoms with Gasteiger partial charge in [-0.15, -0.1) is 5.01 Å². The minimum Gasteiger partial charge on any atom is -0.487 e. The second kappa shape index (κ2) is 6.11. The van der Waals surface area contributed by atoms with Crippen LogP contribution in [0.3, 0.4) is 0 Å². The second-order valence-corrected chi connectivity index (χ2v) is 6.63. The van der Waals surface area contributed by atoms with Crippen molar-refractivity contribution in [2.45, 2.75) is 25.8 Å². The summed E-state index contributed by atoms with van der Waals surface area (Å²) in [6.45, 7) is 3.73. The predicted octanol–water partition coefficient (Wildman–Crippen LogP) is 3.48. The van der Waals surface area contributed by atoms with Crippen LogP contribution in [0.2, 0.25) is 10.0 Å². The molecule has 1 fully saturated rings. The van der Waals surface area contributed by atoms with Crippen molar-refractivity contribution in [3.8, 4) is 5.75 Å². The number of halogens is 2. The lowest BCUT2D eigenvalue weighted by Crippen LogP contribution is -2.42. The molecular formula is C16H15Cl2N3O3. The SMILES string of the molecule is CC[C@@]1(C)NC(=O)N(N=CC2=Cc3cc(Cl)cc(Cl)c3OC2)C1=O. The van der Waals surface area contributed by atoms with E-state index in [1.165, 1.54) is 6.21 Å². The number of fused-ring (bicyclic) bond motifs is 1. The summed E-state index contributed by atoms with van der Waals surface area (Å²) in [5.41, 5.74) is 0.488. The van der Waals surface area contributed by atoms with Crippen LogP contribution >= 0.6 is 23.2 Å². The summed E-state index contributed by atoms with van der Waals surface area (Å²) in [7, 11) is 0. The Morgan fingerprint density at radius 3 is 2.83 bits per heavy atom. The van der Waals surface area contributed by atoms with Crippen LogP contribution in [-0.4, -0.2) is 35.3 Å². The van der Waals surface area contributed by atoms with Gasteiger partial charge < -0.3 is 10.1 Å². The molecule has 0 radical (unpaired) electrons. The van der Waals surface area contributed by atoms with Crippen molar-refractivity contribution in [2.24, 2.45) is 5.10 Å². The maximum Gasteiger partial charge on any atom is 0.346 e. The highest BCUT2D eigenvalue weighted by Crippen LogP contribution is 2.36. The fourth-order valence-corrected chi connectivity index (χ4v) is 3.02. The number of benzene rings is 1. The van der Waals surface area contributed by atoms with E-state index in [9.17, 15) is 9.59 Å². The molecule has 2 heterocycles. The van der Waals surface area contributed by atoms with Gasteiger partial charge in [0.25, 0.3) is 5.91 Å².